The Balaban J connectivity index is 2.20. The number of carbonyl (C=O) groups excluding carboxylic acids is 1. The molecule has 5 heteroatoms. The topological polar surface area (TPSA) is 31.2 Å². The van der Waals surface area contributed by atoms with Crippen LogP contribution in [0.1, 0.15) is 77.4 Å². The largest absolute Gasteiger partial charge is 0.469 e. The van der Waals surface area contributed by atoms with Gasteiger partial charge in [-0.1, -0.05) is 58.4 Å². The van der Waals surface area contributed by atoms with Crippen LogP contribution < -0.4 is 0 Å². The first-order valence-corrected chi connectivity index (χ1v) is 12.7. The first-order chi connectivity index (χ1) is 14.7. The fourth-order valence-corrected chi connectivity index (χ4v) is 5.93. The highest BCUT2D eigenvalue weighted by Crippen LogP contribution is 2.47. The Morgan fingerprint density at radius 3 is 2.34 bits per heavy atom. The van der Waals surface area contributed by atoms with Gasteiger partial charge >= 0.3 is 5.97 Å². The molecule has 176 valence electrons. The number of methoxy groups -OCH3 is 1. The molecule has 0 saturated carbocycles. The minimum absolute atomic E-state index is 0.0754. The molecular formula is C27H38ClNO2S. The van der Waals surface area contributed by atoms with Gasteiger partial charge in [-0.15, -0.1) is 11.8 Å². The standard InChI is InChI=1S/C27H38ClNO2S/c1-25(2,3)32-23-20-15-26(4,5)14-13-21(20)29(17-18-9-11-19(28)12-10-18)22(23)16-27(6,7)24(30)31-8/h9-12H,13-17H2,1-8H3. The van der Waals surface area contributed by atoms with Gasteiger partial charge in [0.2, 0.25) is 0 Å². The van der Waals surface area contributed by atoms with Gasteiger partial charge in [0.15, 0.2) is 0 Å². The van der Waals surface area contributed by atoms with Gasteiger partial charge in [-0.05, 0) is 61.8 Å². The van der Waals surface area contributed by atoms with Gasteiger partial charge in [0.05, 0.1) is 12.5 Å². The highest BCUT2D eigenvalue weighted by molar-refractivity contribution is 8.00. The number of carbonyl (C=O) groups is 1. The molecule has 2 aromatic rings. The molecule has 1 aromatic carbocycles. The number of fused-ring (bicyclic) bond motifs is 1. The predicted molar refractivity (Wildman–Crippen MR) is 136 cm³/mol. The van der Waals surface area contributed by atoms with Crippen LogP contribution in [0.3, 0.4) is 0 Å². The average Bonchev–Trinajstić information content (AvgIpc) is 2.92. The molecule has 3 rings (SSSR count). The molecule has 0 fully saturated rings. The van der Waals surface area contributed by atoms with Crippen LogP contribution in [0.25, 0.3) is 0 Å². The van der Waals surface area contributed by atoms with Crippen molar-refractivity contribution in [2.45, 2.75) is 90.3 Å². The molecule has 32 heavy (non-hydrogen) atoms. The van der Waals surface area contributed by atoms with Gasteiger partial charge in [0.25, 0.3) is 0 Å². The Labute approximate surface area is 203 Å². The van der Waals surface area contributed by atoms with Gasteiger partial charge < -0.3 is 9.30 Å². The number of nitrogens with zero attached hydrogens (tertiary/aromatic N) is 1. The van der Waals surface area contributed by atoms with E-state index in [-0.39, 0.29) is 16.1 Å². The van der Waals surface area contributed by atoms with Gasteiger partial charge in [0.1, 0.15) is 0 Å². The highest BCUT2D eigenvalue weighted by atomic mass is 35.5. The lowest BCUT2D eigenvalue weighted by atomic mass is 9.76. The summed E-state index contributed by atoms with van der Waals surface area (Å²) in [5.74, 6) is -0.165. The summed E-state index contributed by atoms with van der Waals surface area (Å²) in [5.41, 5.74) is 5.07. The molecule has 1 aliphatic carbocycles. The number of hydrogen-bond acceptors (Lipinski definition) is 3. The first kappa shape index (κ1) is 25.2. The monoisotopic (exact) mass is 475 g/mol. The lowest BCUT2D eigenvalue weighted by Gasteiger charge is -2.31. The van der Waals surface area contributed by atoms with Crippen molar-refractivity contribution in [1.82, 2.24) is 4.57 Å². The van der Waals surface area contributed by atoms with Gasteiger partial charge in [-0.25, -0.2) is 0 Å². The zero-order chi connectivity index (χ0) is 23.9. The molecule has 0 atom stereocenters. The number of benzene rings is 1. The number of esters is 1. The second-order valence-corrected chi connectivity index (χ2v) is 13.8. The fourth-order valence-electron chi connectivity index (χ4n) is 4.58. The summed E-state index contributed by atoms with van der Waals surface area (Å²) in [6.45, 7) is 16.3. The van der Waals surface area contributed by atoms with Crippen molar-refractivity contribution in [3.8, 4) is 0 Å². The molecule has 3 nitrogen and oxygen atoms in total. The van der Waals surface area contributed by atoms with Crippen LogP contribution in [0, 0.1) is 10.8 Å². The number of thioether (sulfide) groups is 1. The normalized spacial score (nSPS) is 16.0. The highest BCUT2D eigenvalue weighted by Gasteiger charge is 2.38. The van der Waals surface area contributed by atoms with Crippen molar-refractivity contribution in [2.75, 3.05) is 7.11 Å². The van der Waals surface area contributed by atoms with Crippen molar-refractivity contribution in [2.24, 2.45) is 10.8 Å². The Bertz CT molecular complexity index is 981. The van der Waals surface area contributed by atoms with E-state index in [0.29, 0.717) is 6.42 Å². The smallest absolute Gasteiger partial charge is 0.311 e. The molecule has 0 unspecified atom stereocenters. The van der Waals surface area contributed by atoms with Crippen molar-refractivity contribution in [3.63, 3.8) is 0 Å². The minimum Gasteiger partial charge on any atom is -0.469 e. The summed E-state index contributed by atoms with van der Waals surface area (Å²) in [4.78, 5) is 14.0. The summed E-state index contributed by atoms with van der Waals surface area (Å²) in [7, 11) is 1.48. The lowest BCUT2D eigenvalue weighted by molar-refractivity contribution is -0.150. The second kappa shape index (κ2) is 9.10. The van der Waals surface area contributed by atoms with E-state index in [0.717, 1.165) is 24.4 Å². The molecule has 0 radical (unpaired) electrons. The van der Waals surface area contributed by atoms with E-state index in [1.54, 1.807) is 0 Å². The van der Waals surface area contributed by atoms with Gasteiger partial charge in [-0.3, -0.25) is 4.79 Å². The fraction of sp³-hybridized carbons (Fsp3) is 0.593. The summed E-state index contributed by atoms with van der Waals surface area (Å²) in [5, 5.41) is 0.751. The summed E-state index contributed by atoms with van der Waals surface area (Å²) < 4.78 is 7.73. The van der Waals surface area contributed by atoms with E-state index in [1.165, 1.54) is 40.9 Å². The van der Waals surface area contributed by atoms with Crippen LogP contribution in [-0.2, 0) is 35.3 Å². The Morgan fingerprint density at radius 2 is 1.78 bits per heavy atom. The van der Waals surface area contributed by atoms with Crippen LogP contribution in [-0.4, -0.2) is 22.4 Å². The molecule has 1 aliphatic rings. The van der Waals surface area contributed by atoms with Crippen LogP contribution in [0.4, 0.5) is 0 Å². The molecular weight excluding hydrogens is 438 g/mol. The van der Waals surface area contributed by atoms with E-state index in [9.17, 15) is 4.79 Å². The third kappa shape index (κ3) is 5.75. The van der Waals surface area contributed by atoms with Crippen molar-refractivity contribution < 1.29 is 9.53 Å². The lowest BCUT2D eigenvalue weighted by Crippen LogP contribution is -2.29. The average molecular weight is 476 g/mol. The van der Waals surface area contributed by atoms with Crippen LogP contribution >= 0.6 is 23.4 Å². The van der Waals surface area contributed by atoms with E-state index in [4.69, 9.17) is 16.3 Å². The van der Waals surface area contributed by atoms with Crippen LogP contribution in [0.15, 0.2) is 29.2 Å². The van der Waals surface area contributed by atoms with E-state index in [1.807, 2.05) is 37.7 Å². The molecule has 1 heterocycles. The number of hydrogen-bond donors (Lipinski definition) is 0. The Hall–Kier alpha value is -1.39. The molecule has 0 saturated heterocycles. The molecule has 0 bridgehead atoms. The van der Waals surface area contributed by atoms with Crippen molar-refractivity contribution in [3.05, 3.63) is 51.8 Å². The van der Waals surface area contributed by atoms with Gasteiger partial charge in [0, 0.05) is 39.0 Å². The summed E-state index contributed by atoms with van der Waals surface area (Å²) in [6.07, 6.45) is 3.95. The zero-order valence-corrected chi connectivity index (χ0v) is 22.5. The Morgan fingerprint density at radius 1 is 1.16 bits per heavy atom. The number of rotatable bonds is 6. The molecule has 0 amide bonds. The van der Waals surface area contributed by atoms with Crippen molar-refractivity contribution in [1.29, 1.82) is 0 Å². The van der Waals surface area contributed by atoms with Crippen LogP contribution in [0.2, 0.25) is 5.02 Å². The minimum atomic E-state index is -0.601. The maximum atomic E-state index is 12.6. The number of ether oxygens (including phenoxy) is 1. The molecule has 0 aliphatic heterocycles. The summed E-state index contributed by atoms with van der Waals surface area (Å²) in [6, 6.07) is 8.12. The van der Waals surface area contributed by atoms with E-state index in [2.05, 4.69) is 51.3 Å². The first-order valence-electron chi connectivity index (χ1n) is 11.5. The van der Waals surface area contributed by atoms with Crippen molar-refractivity contribution >= 4 is 29.3 Å². The predicted octanol–water partition coefficient (Wildman–Crippen LogP) is 7.34. The van der Waals surface area contributed by atoms with E-state index >= 15 is 0 Å². The summed E-state index contributed by atoms with van der Waals surface area (Å²) >= 11 is 8.09. The maximum Gasteiger partial charge on any atom is 0.311 e. The van der Waals surface area contributed by atoms with Crippen LogP contribution in [0.5, 0.6) is 0 Å². The van der Waals surface area contributed by atoms with Gasteiger partial charge in [-0.2, -0.15) is 0 Å². The quantitative estimate of drug-likeness (QED) is 0.323. The zero-order valence-electron chi connectivity index (χ0n) is 20.9. The molecule has 0 spiro atoms. The molecule has 1 aromatic heterocycles. The SMILES string of the molecule is COC(=O)C(C)(C)Cc1c(SC(C)(C)C)c2c(n1Cc1ccc(Cl)cc1)CCC(C)(C)C2. The second-order valence-electron chi connectivity index (χ2n) is 11.5. The Kier molecular flexibility index (Phi) is 7.18. The third-order valence-electron chi connectivity index (χ3n) is 6.24. The third-order valence-corrected chi connectivity index (χ3v) is 7.79. The maximum absolute atomic E-state index is 12.6. The number of aromatic nitrogens is 1. The van der Waals surface area contributed by atoms with E-state index < -0.39 is 5.41 Å². The number of halogens is 1. The molecule has 0 N–H and O–H groups in total.